The van der Waals surface area contributed by atoms with Crippen LogP contribution in [0.3, 0.4) is 0 Å². The fourth-order valence-corrected chi connectivity index (χ4v) is 2.20. The van der Waals surface area contributed by atoms with Gasteiger partial charge in [0.1, 0.15) is 0 Å². The zero-order chi connectivity index (χ0) is 10.3. The Morgan fingerprint density at radius 2 is 2.21 bits per heavy atom. The van der Waals surface area contributed by atoms with Gasteiger partial charge in [0.2, 0.25) is 5.91 Å². The van der Waals surface area contributed by atoms with Gasteiger partial charge in [-0.1, -0.05) is 0 Å². The van der Waals surface area contributed by atoms with E-state index in [4.69, 9.17) is 5.73 Å². The number of nitrogens with two attached hydrogens (primary N) is 1. The highest BCUT2D eigenvalue weighted by molar-refractivity contribution is 9.10. The Morgan fingerprint density at radius 3 is 2.86 bits per heavy atom. The Hall–Kier alpha value is -1.29. The second-order valence-electron chi connectivity index (χ2n) is 3.15. The third-order valence-corrected chi connectivity index (χ3v) is 2.70. The van der Waals surface area contributed by atoms with Crippen LogP contribution in [0.25, 0.3) is 10.9 Å². The summed E-state index contributed by atoms with van der Waals surface area (Å²) in [5, 5.41) is 0.965. The van der Waals surface area contributed by atoms with E-state index in [0.29, 0.717) is 5.69 Å². The van der Waals surface area contributed by atoms with Gasteiger partial charge in [-0.15, -0.1) is 0 Å². The van der Waals surface area contributed by atoms with Crippen molar-refractivity contribution in [1.82, 2.24) is 4.57 Å². The minimum atomic E-state index is -0.00882. The number of nitrogen functional groups attached to an aromatic ring is 1. The van der Waals surface area contributed by atoms with E-state index in [9.17, 15) is 4.79 Å². The molecule has 2 aromatic rings. The van der Waals surface area contributed by atoms with Gasteiger partial charge in [-0.3, -0.25) is 9.36 Å². The second-order valence-corrected chi connectivity index (χ2v) is 4.00. The van der Waals surface area contributed by atoms with Gasteiger partial charge < -0.3 is 5.73 Å². The summed E-state index contributed by atoms with van der Waals surface area (Å²) in [6, 6.07) is 5.51. The molecule has 0 bridgehead atoms. The molecule has 14 heavy (non-hydrogen) atoms. The van der Waals surface area contributed by atoms with Crippen molar-refractivity contribution in [3.63, 3.8) is 0 Å². The van der Waals surface area contributed by atoms with Crippen LogP contribution in [-0.4, -0.2) is 10.5 Å². The summed E-state index contributed by atoms with van der Waals surface area (Å²) in [6.07, 6.45) is 1.75. The molecule has 0 aliphatic rings. The van der Waals surface area contributed by atoms with Crippen LogP contribution in [0, 0.1) is 0 Å². The molecule has 2 rings (SSSR count). The van der Waals surface area contributed by atoms with E-state index in [2.05, 4.69) is 15.9 Å². The van der Waals surface area contributed by atoms with Crippen molar-refractivity contribution in [2.75, 3.05) is 5.73 Å². The lowest BCUT2D eigenvalue weighted by atomic mass is 10.2. The largest absolute Gasteiger partial charge is 0.399 e. The smallest absolute Gasteiger partial charge is 0.227 e. The van der Waals surface area contributed by atoms with E-state index in [-0.39, 0.29) is 5.91 Å². The van der Waals surface area contributed by atoms with E-state index in [1.54, 1.807) is 16.8 Å². The standard InChI is InChI=1S/C10H9BrN2O/c1-6(14)13-3-2-7-4-8(12)5-9(11)10(7)13/h2-5H,12H2,1H3. The number of carbonyl (C=O) groups excluding carboxylic acids is 1. The molecule has 1 heterocycles. The molecule has 1 aromatic heterocycles. The van der Waals surface area contributed by atoms with E-state index < -0.39 is 0 Å². The number of anilines is 1. The topological polar surface area (TPSA) is 48.0 Å². The number of rotatable bonds is 0. The van der Waals surface area contributed by atoms with Gasteiger partial charge in [-0.05, 0) is 34.1 Å². The Morgan fingerprint density at radius 1 is 1.50 bits per heavy atom. The van der Waals surface area contributed by atoms with Gasteiger partial charge in [0.15, 0.2) is 0 Å². The first-order chi connectivity index (χ1) is 6.59. The number of aromatic nitrogens is 1. The maximum absolute atomic E-state index is 11.3. The third-order valence-electron chi connectivity index (χ3n) is 2.10. The molecule has 0 aliphatic carbocycles. The second kappa shape index (κ2) is 3.13. The predicted molar refractivity (Wildman–Crippen MR) is 60.4 cm³/mol. The lowest BCUT2D eigenvalue weighted by molar-refractivity contribution is 0.0941. The molecule has 72 valence electrons. The lowest BCUT2D eigenvalue weighted by Crippen LogP contribution is -2.03. The number of hydrogen-bond donors (Lipinski definition) is 1. The summed E-state index contributed by atoms with van der Waals surface area (Å²) in [6.45, 7) is 1.53. The summed E-state index contributed by atoms with van der Waals surface area (Å²) in [7, 11) is 0. The van der Waals surface area contributed by atoms with Crippen LogP contribution in [0.1, 0.15) is 11.7 Å². The van der Waals surface area contributed by atoms with Crippen molar-refractivity contribution >= 4 is 38.4 Å². The molecule has 4 heteroatoms. The van der Waals surface area contributed by atoms with E-state index in [1.165, 1.54) is 6.92 Å². The van der Waals surface area contributed by atoms with E-state index >= 15 is 0 Å². The van der Waals surface area contributed by atoms with Crippen molar-refractivity contribution in [1.29, 1.82) is 0 Å². The van der Waals surface area contributed by atoms with Gasteiger partial charge in [0.25, 0.3) is 0 Å². The first-order valence-electron chi connectivity index (χ1n) is 4.16. The highest BCUT2D eigenvalue weighted by Gasteiger charge is 2.08. The van der Waals surface area contributed by atoms with Crippen LogP contribution in [0.5, 0.6) is 0 Å². The molecule has 3 nitrogen and oxygen atoms in total. The molecule has 0 amide bonds. The summed E-state index contributed by atoms with van der Waals surface area (Å²) >= 11 is 3.39. The van der Waals surface area contributed by atoms with Gasteiger partial charge in [0, 0.05) is 28.7 Å². The number of nitrogens with zero attached hydrogens (tertiary/aromatic N) is 1. The van der Waals surface area contributed by atoms with Crippen molar-refractivity contribution < 1.29 is 4.79 Å². The van der Waals surface area contributed by atoms with Crippen LogP contribution >= 0.6 is 15.9 Å². The number of hydrogen-bond acceptors (Lipinski definition) is 2. The third kappa shape index (κ3) is 1.32. The predicted octanol–water partition coefficient (Wildman–Crippen LogP) is 2.65. The molecular weight excluding hydrogens is 244 g/mol. The van der Waals surface area contributed by atoms with Gasteiger partial charge in [0.05, 0.1) is 5.52 Å². The van der Waals surface area contributed by atoms with Crippen LogP contribution in [0.4, 0.5) is 5.69 Å². The summed E-state index contributed by atoms with van der Waals surface area (Å²) in [5.41, 5.74) is 7.24. The zero-order valence-corrected chi connectivity index (χ0v) is 9.21. The summed E-state index contributed by atoms with van der Waals surface area (Å²) < 4.78 is 2.44. The minimum Gasteiger partial charge on any atom is -0.399 e. The average Bonchev–Trinajstić information content (AvgIpc) is 2.47. The first kappa shape index (κ1) is 9.27. The fourth-order valence-electron chi connectivity index (χ4n) is 1.52. The van der Waals surface area contributed by atoms with Crippen molar-refractivity contribution in [2.45, 2.75) is 6.92 Å². The monoisotopic (exact) mass is 252 g/mol. The number of carbonyl (C=O) groups is 1. The lowest BCUT2D eigenvalue weighted by Gasteiger charge is -2.02. The highest BCUT2D eigenvalue weighted by Crippen LogP contribution is 2.27. The SMILES string of the molecule is CC(=O)n1ccc2cc(N)cc(Br)c21. The molecule has 0 saturated carbocycles. The maximum Gasteiger partial charge on any atom is 0.227 e. The highest BCUT2D eigenvalue weighted by atomic mass is 79.9. The van der Waals surface area contributed by atoms with Crippen molar-refractivity contribution in [2.24, 2.45) is 0 Å². The summed E-state index contributed by atoms with van der Waals surface area (Å²) in [5.74, 6) is -0.00882. The zero-order valence-electron chi connectivity index (χ0n) is 7.62. The van der Waals surface area contributed by atoms with Gasteiger partial charge >= 0.3 is 0 Å². The van der Waals surface area contributed by atoms with E-state index in [1.807, 2.05) is 12.1 Å². The number of benzene rings is 1. The van der Waals surface area contributed by atoms with Crippen LogP contribution in [0.2, 0.25) is 0 Å². The molecule has 1 aromatic carbocycles. The average molecular weight is 253 g/mol. The summed E-state index contributed by atoms with van der Waals surface area (Å²) in [4.78, 5) is 11.3. The van der Waals surface area contributed by atoms with Gasteiger partial charge in [-0.2, -0.15) is 0 Å². The Bertz CT molecular complexity index is 516. The number of halogens is 1. The van der Waals surface area contributed by atoms with Crippen molar-refractivity contribution in [3.8, 4) is 0 Å². The Balaban J connectivity index is 2.85. The fraction of sp³-hybridized carbons (Fsp3) is 0.100. The molecule has 0 atom stereocenters. The Labute approximate surface area is 89.6 Å². The van der Waals surface area contributed by atoms with Crippen LogP contribution in [0.15, 0.2) is 28.9 Å². The minimum absolute atomic E-state index is 0.00882. The first-order valence-corrected chi connectivity index (χ1v) is 4.96. The molecule has 0 radical (unpaired) electrons. The molecule has 0 unspecified atom stereocenters. The Kier molecular flexibility index (Phi) is 2.07. The molecular formula is C10H9BrN2O. The number of fused-ring (bicyclic) bond motifs is 1. The quantitative estimate of drug-likeness (QED) is 0.733. The molecule has 0 fully saturated rings. The van der Waals surface area contributed by atoms with Crippen molar-refractivity contribution in [3.05, 3.63) is 28.9 Å². The molecule has 0 spiro atoms. The van der Waals surface area contributed by atoms with Crippen LogP contribution < -0.4 is 5.73 Å². The molecule has 0 aliphatic heterocycles. The van der Waals surface area contributed by atoms with Crippen LogP contribution in [-0.2, 0) is 0 Å². The maximum atomic E-state index is 11.3. The molecule has 2 N–H and O–H groups in total. The molecule has 0 saturated heterocycles. The van der Waals surface area contributed by atoms with E-state index in [0.717, 1.165) is 15.4 Å². The van der Waals surface area contributed by atoms with Gasteiger partial charge in [-0.25, -0.2) is 0 Å². The normalized spacial score (nSPS) is 10.7.